The first-order valence-corrected chi connectivity index (χ1v) is 22.2. The summed E-state index contributed by atoms with van der Waals surface area (Å²) in [5.41, 5.74) is 17.3. The van der Waals surface area contributed by atoms with Crippen LogP contribution in [-0.4, -0.2) is 9.13 Å². The highest BCUT2D eigenvalue weighted by molar-refractivity contribution is 5.80. The van der Waals surface area contributed by atoms with Crippen molar-refractivity contribution in [2.45, 2.75) is 48.3 Å². The molecule has 8 aromatic carbocycles. The van der Waals surface area contributed by atoms with Gasteiger partial charge in [-0.1, -0.05) is 90.7 Å². The molecule has 10 aromatic rings. The Bertz CT molecular complexity index is 4000. The molecule has 0 saturated carbocycles. The maximum atomic E-state index is 8.18. The van der Waals surface area contributed by atoms with Crippen LogP contribution in [0, 0.1) is 58.1 Å². The molecule has 4 heteroatoms. The van der Waals surface area contributed by atoms with Crippen LogP contribution in [-0.2, 0) is 14.1 Å². The number of rotatable bonds is 6. The summed E-state index contributed by atoms with van der Waals surface area (Å²) in [5.74, 6) is 11.9. The van der Waals surface area contributed by atoms with Gasteiger partial charge in [0.25, 0.3) is 0 Å². The molecule has 0 amide bonds. The number of hydrogen-bond donors (Lipinski definition) is 0. The monoisotopic (exact) mass is 878 g/mol. The molecule has 0 fully saturated rings. The van der Waals surface area contributed by atoms with Gasteiger partial charge in [0, 0.05) is 23.5 Å². The highest BCUT2D eigenvalue weighted by atomic mass is 15.1. The van der Waals surface area contributed by atoms with Crippen molar-refractivity contribution in [1.29, 1.82) is 0 Å². The molecule has 0 aliphatic rings. The Kier molecular flexibility index (Phi) is 9.56. The van der Waals surface area contributed by atoms with Crippen molar-refractivity contribution in [3.05, 3.63) is 215 Å². The summed E-state index contributed by atoms with van der Waals surface area (Å²) < 4.78 is 80.9. The summed E-state index contributed by atoms with van der Waals surface area (Å²) in [6, 6.07) is 52.9. The van der Waals surface area contributed by atoms with Crippen molar-refractivity contribution in [1.82, 2.24) is 9.13 Å². The number of aromatic nitrogens is 4. The van der Waals surface area contributed by atoms with Gasteiger partial charge in [0.2, 0.25) is 12.7 Å². The van der Waals surface area contributed by atoms with Gasteiger partial charge in [-0.15, -0.1) is 11.8 Å². The zero-order valence-corrected chi connectivity index (χ0v) is 38.5. The lowest BCUT2D eigenvalue weighted by atomic mass is 9.94. The zero-order chi connectivity index (χ0) is 54.3. The molecule has 0 atom stereocenters. The summed E-state index contributed by atoms with van der Waals surface area (Å²) in [6.07, 6.45) is 3.94. The van der Waals surface area contributed by atoms with E-state index in [1.807, 2.05) is 139 Å². The van der Waals surface area contributed by atoms with E-state index in [9.17, 15) is 0 Å². The summed E-state index contributed by atoms with van der Waals surface area (Å²) in [6.45, 7) is 0.792. The predicted molar refractivity (Wildman–Crippen MR) is 279 cm³/mol. The van der Waals surface area contributed by atoms with Gasteiger partial charge < -0.3 is 0 Å². The molecule has 0 aliphatic heterocycles. The number of fused-ring (bicyclic) bond motifs is 2. The Morgan fingerprint density at radius 1 is 0.388 bits per heavy atom. The molecular weight excluding hydrogens is 813 g/mol. The van der Waals surface area contributed by atoms with E-state index in [0.717, 1.165) is 94.6 Å². The third kappa shape index (κ3) is 9.48. The largest absolute Gasteiger partial charge is 0.249 e. The highest BCUT2D eigenvalue weighted by Gasteiger charge is 2.18. The van der Waals surface area contributed by atoms with Crippen LogP contribution in [0.5, 0.6) is 0 Å². The third-order valence-electron chi connectivity index (χ3n) is 11.8. The number of hydrogen-bond acceptors (Lipinski definition) is 0. The molecule has 2 heterocycles. The lowest BCUT2D eigenvalue weighted by Crippen LogP contribution is -2.25. The molecule has 0 bridgehead atoms. The van der Waals surface area contributed by atoms with Crippen molar-refractivity contribution in [2.75, 3.05) is 0 Å². The van der Waals surface area contributed by atoms with Crippen LogP contribution in [0.2, 0.25) is 0 Å². The first-order chi connectivity index (χ1) is 36.1. The van der Waals surface area contributed by atoms with Crippen molar-refractivity contribution < 1.29 is 21.5 Å². The number of imidazole rings is 2. The Hall–Kier alpha value is -8.18. The molecule has 0 unspecified atom stereocenters. The molecule has 4 nitrogen and oxygen atoms in total. The Morgan fingerprint density at radius 3 is 1.28 bits per heavy atom. The Balaban J connectivity index is 0.000000187. The second kappa shape index (κ2) is 18.7. The van der Waals surface area contributed by atoms with Gasteiger partial charge in [-0.05, 0) is 206 Å². The Morgan fingerprint density at radius 2 is 0.791 bits per heavy atom. The topological polar surface area (TPSA) is 17.6 Å². The maximum Gasteiger partial charge on any atom is 0.249 e. The van der Waals surface area contributed by atoms with E-state index in [-0.39, 0.29) is 11.1 Å². The van der Waals surface area contributed by atoms with Crippen molar-refractivity contribution in [3.8, 4) is 79.6 Å². The molecule has 2 aromatic heterocycles. The van der Waals surface area contributed by atoms with E-state index < -0.39 is 20.6 Å². The van der Waals surface area contributed by atoms with Gasteiger partial charge >= 0.3 is 0 Å². The van der Waals surface area contributed by atoms with Crippen molar-refractivity contribution >= 4 is 22.1 Å². The summed E-state index contributed by atoms with van der Waals surface area (Å²) in [4.78, 5) is 0. The molecule has 0 radical (unpaired) electrons. The van der Waals surface area contributed by atoms with Crippen LogP contribution in [0.4, 0.5) is 0 Å². The van der Waals surface area contributed by atoms with E-state index in [2.05, 4.69) is 77.6 Å². The number of aryl methyl sites for hydroxylation is 7. The third-order valence-corrected chi connectivity index (χ3v) is 11.8. The van der Waals surface area contributed by atoms with Gasteiger partial charge in [-0.2, -0.15) is 9.13 Å². The average Bonchev–Trinajstić information content (AvgIpc) is 3.94. The lowest BCUT2D eigenvalue weighted by molar-refractivity contribution is -0.645. The quantitative estimate of drug-likeness (QED) is 0.117. The van der Waals surface area contributed by atoms with Crippen LogP contribution in [0.25, 0.3) is 77.9 Å². The van der Waals surface area contributed by atoms with E-state index in [0.29, 0.717) is 11.1 Å². The molecule has 67 heavy (non-hydrogen) atoms. The summed E-state index contributed by atoms with van der Waals surface area (Å²) in [7, 11) is 3.96. The predicted octanol–water partition coefficient (Wildman–Crippen LogP) is 13.9. The maximum absolute atomic E-state index is 8.18. The molecular formula is C63H56N4+2. The van der Waals surface area contributed by atoms with E-state index in [1.165, 1.54) is 0 Å². The normalized spacial score (nSPS) is 13.4. The van der Waals surface area contributed by atoms with Gasteiger partial charge in [-0.3, -0.25) is 0 Å². The minimum absolute atomic E-state index is 0.227. The molecule has 0 spiro atoms. The van der Waals surface area contributed by atoms with Crippen LogP contribution in [0.15, 0.2) is 176 Å². The smallest absolute Gasteiger partial charge is 0.232 e. The fourth-order valence-corrected chi connectivity index (χ4v) is 8.94. The van der Waals surface area contributed by atoms with E-state index in [1.54, 1.807) is 43.3 Å². The number of benzene rings is 8. The second-order valence-corrected chi connectivity index (χ2v) is 17.0. The molecule has 0 N–H and O–H groups in total. The van der Waals surface area contributed by atoms with E-state index in [4.69, 9.17) is 12.3 Å². The average molecular weight is 878 g/mol. The fraction of sp³-hybridized carbons (Fsp3) is 0.143. The molecule has 326 valence electrons. The minimum Gasteiger partial charge on any atom is -0.232 e. The van der Waals surface area contributed by atoms with Crippen molar-refractivity contribution in [2.24, 2.45) is 14.1 Å². The van der Waals surface area contributed by atoms with Crippen LogP contribution >= 0.6 is 0 Å². The number of para-hydroxylation sites is 4. The first kappa shape index (κ1) is 34.2. The van der Waals surface area contributed by atoms with Gasteiger partial charge in [0.15, 0.2) is 22.1 Å². The Labute approximate surface area is 408 Å². The van der Waals surface area contributed by atoms with Gasteiger partial charge in [0.1, 0.15) is 11.4 Å². The standard InChI is InChI=1S/C32H29N2.C31H27N2/c1-6-9-25-12-22(2)13-26(18-25)27-14-23(3)15-28(19-27)29-16-24(4)17-30(20-29)34-21-33(5)31-10-7-8-11-32(31)34;1-5-9-24-10-8-11-25(18-24)26-14-22(2)15-27(19-26)28-16-23(3)17-29(20-28)33-21-32(4)30-12-6-7-13-31(30)33/h7-8,10-21H,1-5H3;6-8,10-21H,1-4H3/q2*+1/i2D3,4D3;3D3. The van der Waals surface area contributed by atoms with Crippen molar-refractivity contribution in [3.63, 3.8) is 0 Å². The summed E-state index contributed by atoms with van der Waals surface area (Å²) in [5, 5.41) is 0. The molecule has 0 aliphatic carbocycles. The van der Waals surface area contributed by atoms with E-state index >= 15 is 0 Å². The fourth-order valence-electron chi connectivity index (χ4n) is 8.94. The first-order valence-electron chi connectivity index (χ1n) is 26.7. The van der Waals surface area contributed by atoms with Crippen LogP contribution < -0.4 is 9.13 Å². The molecule has 0 saturated heterocycles. The zero-order valence-electron chi connectivity index (χ0n) is 47.5. The second-order valence-electron chi connectivity index (χ2n) is 17.0. The highest BCUT2D eigenvalue weighted by Crippen LogP contribution is 2.34. The van der Waals surface area contributed by atoms with Gasteiger partial charge in [-0.25, -0.2) is 9.13 Å². The lowest BCUT2D eigenvalue weighted by Gasteiger charge is -2.11. The van der Waals surface area contributed by atoms with Crippen LogP contribution in [0.3, 0.4) is 0 Å². The SMILES string of the molecule is [2H]C([2H])([2H])c1cc(-c2cc(C)cc(-c3cccc(C#CC)c3)c2)cc(-n2c[n+](C)c3ccccc32)c1.[2H]C([2H])([2H])c1cc(C#CC)cc(-c2cc(C)cc(-c3cc(-n4c[n+](C)c5ccccc54)cc(C([2H])([2H])[2H])c3)c2)c1. The van der Waals surface area contributed by atoms with Crippen LogP contribution in [0.1, 0.15) is 65.1 Å². The summed E-state index contributed by atoms with van der Waals surface area (Å²) >= 11 is 0. The molecule has 10 rings (SSSR count). The minimum atomic E-state index is -2.30. The number of nitrogens with zero attached hydrogens (tertiary/aromatic N) is 4. The van der Waals surface area contributed by atoms with Gasteiger partial charge in [0.05, 0.1) is 14.1 Å².